The van der Waals surface area contributed by atoms with Gasteiger partial charge in [-0.2, -0.15) is 6.57 Å². The lowest BCUT2D eigenvalue weighted by atomic mass is 10.2. The van der Waals surface area contributed by atoms with E-state index in [0.29, 0.717) is 0 Å². The Hall–Kier alpha value is -2.35. The molecule has 1 aromatic carbocycles. The minimum atomic E-state index is -1.08. The van der Waals surface area contributed by atoms with Crippen molar-refractivity contribution in [3.8, 4) is 0 Å². The fourth-order valence-corrected chi connectivity index (χ4v) is 0.898. The van der Waals surface area contributed by atoms with Crippen molar-refractivity contribution in [3.63, 3.8) is 0 Å². The van der Waals surface area contributed by atoms with E-state index in [2.05, 4.69) is 4.95 Å². The van der Waals surface area contributed by atoms with Crippen LogP contribution in [0.1, 0.15) is 10.4 Å². The number of imide groups is 1. The second-order valence-corrected chi connectivity index (χ2v) is 2.42. The summed E-state index contributed by atoms with van der Waals surface area (Å²) < 4.78 is 0. The molecule has 1 aromatic rings. The zero-order valence-electron chi connectivity index (χ0n) is 7.18. The minimum absolute atomic E-state index is 0.252. The Morgan fingerprint density at radius 3 is 2.29 bits per heavy atom. The van der Waals surface area contributed by atoms with Gasteiger partial charge in [0.1, 0.15) is 0 Å². The Labute approximate surface area is 80.5 Å². The van der Waals surface area contributed by atoms with E-state index in [9.17, 15) is 9.59 Å². The highest BCUT2D eigenvalue weighted by molar-refractivity contribution is 6.04. The highest BCUT2D eigenvalue weighted by Crippen LogP contribution is 2.04. The molecule has 0 aliphatic rings. The first-order valence-corrected chi connectivity index (χ1v) is 3.73. The Morgan fingerprint density at radius 2 is 1.86 bits per heavy atom. The molecule has 0 aliphatic heterocycles. The van der Waals surface area contributed by atoms with E-state index in [1.807, 2.05) is 0 Å². The molecule has 0 fully saturated rings. The van der Waals surface area contributed by atoms with E-state index < -0.39 is 11.9 Å². The number of carbonyl (C=O) groups excluding carboxylic acids is 2. The maximum atomic E-state index is 11.4. The number of hydrogen-bond donors (Lipinski definition) is 1. The van der Waals surface area contributed by atoms with E-state index in [-0.39, 0.29) is 10.6 Å². The van der Waals surface area contributed by atoms with Gasteiger partial charge in [-0.3, -0.25) is 4.79 Å². The number of urea groups is 1. The van der Waals surface area contributed by atoms with Crippen LogP contribution in [0, 0.1) is 6.57 Å². The Morgan fingerprint density at radius 1 is 1.29 bits per heavy atom. The van der Waals surface area contributed by atoms with Gasteiger partial charge < -0.3 is 5.73 Å². The van der Waals surface area contributed by atoms with Gasteiger partial charge in [0, 0.05) is 5.56 Å². The van der Waals surface area contributed by atoms with Crippen LogP contribution in [0.3, 0.4) is 0 Å². The molecule has 0 saturated carbocycles. The molecule has 0 heterocycles. The molecule has 14 heavy (non-hydrogen) atoms. The predicted molar refractivity (Wildman–Crippen MR) is 48.8 cm³/mol. The summed E-state index contributed by atoms with van der Waals surface area (Å²) in [5.74, 6) is -0.715. The molecule has 0 unspecified atom stereocenters. The van der Waals surface area contributed by atoms with E-state index >= 15 is 0 Å². The summed E-state index contributed by atoms with van der Waals surface area (Å²) in [6, 6.07) is 6.93. The zero-order chi connectivity index (χ0) is 10.6. The largest absolute Gasteiger partial charge is 0.390 e. The van der Waals surface area contributed by atoms with Crippen molar-refractivity contribution in [2.24, 2.45) is 5.73 Å². The zero-order valence-corrected chi connectivity index (χ0v) is 7.18. The van der Waals surface area contributed by atoms with Crippen LogP contribution in [-0.4, -0.2) is 16.9 Å². The van der Waals surface area contributed by atoms with Crippen LogP contribution >= 0.6 is 0 Å². The molecule has 2 N–H and O–H groups in total. The van der Waals surface area contributed by atoms with Gasteiger partial charge in [-0.25, -0.2) is 4.79 Å². The Bertz CT molecular complexity index is 394. The van der Waals surface area contributed by atoms with Crippen LogP contribution in [0.4, 0.5) is 4.79 Å². The Kier molecular flexibility index (Phi) is 2.82. The number of rotatable bonds is 1. The summed E-state index contributed by atoms with van der Waals surface area (Å²) in [4.78, 5) is 24.8. The van der Waals surface area contributed by atoms with Gasteiger partial charge in [0.2, 0.25) is 0 Å². The second kappa shape index (κ2) is 4.05. The molecule has 0 spiro atoms. The highest BCUT2D eigenvalue weighted by Gasteiger charge is 2.25. The molecule has 3 amide bonds. The average molecular weight is 189 g/mol. The van der Waals surface area contributed by atoms with Gasteiger partial charge in [0.25, 0.3) is 0 Å². The van der Waals surface area contributed by atoms with Gasteiger partial charge in [-0.05, 0) is 12.1 Å². The summed E-state index contributed by atoms with van der Waals surface area (Å²) in [5, 5.41) is 0.287. The average Bonchev–Trinajstić information content (AvgIpc) is 2.19. The molecule has 0 saturated heterocycles. The third-order valence-electron chi connectivity index (χ3n) is 1.52. The lowest BCUT2D eigenvalue weighted by Crippen LogP contribution is -2.35. The summed E-state index contributed by atoms with van der Waals surface area (Å²) in [6.07, 6.45) is 0. The van der Waals surface area contributed by atoms with Crippen LogP contribution in [0.2, 0.25) is 0 Å². The van der Waals surface area contributed by atoms with Gasteiger partial charge >= 0.3 is 11.9 Å². The van der Waals surface area contributed by atoms with E-state index in [1.165, 1.54) is 12.1 Å². The van der Waals surface area contributed by atoms with Gasteiger partial charge in [0.15, 0.2) is 0 Å². The Balaban J connectivity index is 2.97. The fourth-order valence-electron chi connectivity index (χ4n) is 0.898. The van der Waals surface area contributed by atoms with Crippen molar-refractivity contribution in [1.29, 1.82) is 0 Å². The fraction of sp³-hybridized carbons (Fsp3) is 0. The van der Waals surface area contributed by atoms with Crippen LogP contribution in [0.5, 0.6) is 0 Å². The first kappa shape index (κ1) is 9.74. The van der Waals surface area contributed by atoms with Crippen molar-refractivity contribution in [2.45, 2.75) is 0 Å². The van der Waals surface area contributed by atoms with Crippen molar-refractivity contribution in [1.82, 2.24) is 5.01 Å². The summed E-state index contributed by atoms with van der Waals surface area (Å²) in [7, 11) is 0. The minimum Gasteiger partial charge on any atom is -0.346 e. The van der Waals surface area contributed by atoms with Crippen LogP contribution < -0.4 is 5.73 Å². The topological polar surface area (TPSA) is 67.8 Å². The molecule has 1 rings (SSSR count). The standard InChI is InChI=1S/C9H7N3O2/c1-11-12(9(10)14)8(13)7-5-3-2-4-6-7/h2-6H,(H2,10,14). The quantitative estimate of drug-likeness (QED) is 0.529. The van der Waals surface area contributed by atoms with Crippen LogP contribution in [0.25, 0.3) is 4.95 Å². The molecular weight excluding hydrogens is 182 g/mol. The lowest BCUT2D eigenvalue weighted by Gasteiger charge is -2.02. The first-order valence-electron chi connectivity index (χ1n) is 3.73. The number of carbonyl (C=O) groups is 2. The number of nitrogens with two attached hydrogens (primary N) is 1. The maximum absolute atomic E-state index is 11.4. The third kappa shape index (κ3) is 1.87. The van der Waals surface area contributed by atoms with E-state index in [4.69, 9.17) is 12.3 Å². The molecule has 70 valence electrons. The van der Waals surface area contributed by atoms with Gasteiger partial charge in [-0.1, -0.05) is 18.2 Å². The SMILES string of the molecule is [C-]#[N+]N(C(N)=O)C(=O)c1ccccc1. The number of hydrogen-bond acceptors (Lipinski definition) is 2. The summed E-state index contributed by atoms with van der Waals surface area (Å²) >= 11 is 0. The van der Waals surface area contributed by atoms with Crippen molar-refractivity contribution >= 4 is 11.9 Å². The summed E-state index contributed by atoms with van der Waals surface area (Å²) in [6.45, 7) is 6.60. The first-order chi connectivity index (χ1) is 6.66. The highest BCUT2D eigenvalue weighted by atomic mass is 16.2. The maximum Gasteiger partial charge on any atom is 0.390 e. The molecule has 0 atom stereocenters. The number of nitrogens with zero attached hydrogens (tertiary/aromatic N) is 2. The molecule has 0 radical (unpaired) electrons. The molecule has 0 aliphatic carbocycles. The van der Waals surface area contributed by atoms with Crippen LogP contribution in [-0.2, 0) is 0 Å². The van der Waals surface area contributed by atoms with Gasteiger partial charge in [0.05, 0.1) is 5.01 Å². The van der Waals surface area contributed by atoms with Crippen molar-refractivity contribution in [2.75, 3.05) is 0 Å². The number of amides is 3. The molecule has 0 aromatic heterocycles. The summed E-state index contributed by atoms with van der Waals surface area (Å²) in [5.41, 5.74) is 5.09. The lowest BCUT2D eigenvalue weighted by molar-refractivity contribution is 0.0856. The number of benzene rings is 1. The van der Waals surface area contributed by atoms with Crippen LogP contribution in [0.15, 0.2) is 30.3 Å². The monoisotopic (exact) mass is 189 g/mol. The predicted octanol–water partition coefficient (Wildman–Crippen LogP) is 1.04. The molecule has 5 nitrogen and oxygen atoms in total. The van der Waals surface area contributed by atoms with Gasteiger partial charge in [-0.15, -0.1) is 4.95 Å². The smallest absolute Gasteiger partial charge is 0.346 e. The van der Waals surface area contributed by atoms with E-state index in [1.54, 1.807) is 18.2 Å². The number of primary amides is 1. The third-order valence-corrected chi connectivity index (χ3v) is 1.52. The van der Waals surface area contributed by atoms with E-state index in [0.717, 1.165) is 0 Å². The molecule has 5 heteroatoms. The molecule has 0 bridgehead atoms. The van der Waals surface area contributed by atoms with Crippen molar-refractivity contribution < 1.29 is 9.59 Å². The van der Waals surface area contributed by atoms with Crippen molar-refractivity contribution in [3.05, 3.63) is 47.4 Å². The second-order valence-electron chi connectivity index (χ2n) is 2.42. The normalized spacial score (nSPS) is 8.79. The molecular formula is C9H7N3O2.